The first-order valence-electron chi connectivity index (χ1n) is 4.51. The predicted octanol–water partition coefficient (Wildman–Crippen LogP) is 0.841. The minimum absolute atomic E-state index is 0.180. The van der Waals surface area contributed by atoms with Crippen LogP contribution in [0.1, 0.15) is 16.1 Å². The van der Waals surface area contributed by atoms with E-state index in [9.17, 15) is 9.59 Å². The Morgan fingerprint density at radius 3 is 2.81 bits per heavy atom. The van der Waals surface area contributed by atoms with Crippen molar-refractivity contribution in [3.8, 4) is 0 Å². The van der Waals surface area contributed by atoms with Crippen molar-refractivity contribution in [1.82, 2.24) is 4.98 Å². The fourth-order valence-corrected chi connectivity index (χ4v) is 1.74. The summed E-state index contributed by atoms with van der Waals surface area (Å²) in [6.07, 6.45) is 1.55. The first-order valence-corrected chi connectivity index (χ1v) is 5.33. The Hall–Kier alpha value is -1.63. The van der Waals surface area contributed by atoms with Crippen LogP contribution >= 0.6 is 11.3 Å². The SMILES string of the molecule is COC(=O)CCN(C)c1ncc(C(=O)O)s1. The average Bonchev–Trinajstić information content (AvgIpc) is 2.74. The zero-order valence-corrected chi connectivity index (χ0v) is 9.78. The fraction of sp³-hybridized carbons (Fsp3) is 0.444. The number of thiazole rings is 1. The number of hydrogen-bond acceptors (Lipinski definition) is 6. The molecule has 0 unspecified atom stereocenters. The van der Waals surface area contributed by atoms with Crippen LogP contribution in [0.3, 0.4) is 0 Å². The summed E-state index contributed by atoms with van der Waals surface area (Å²) in [5.41, 5.74) is 0. The number of nitrogens with zero attached hydrogens (tertiary/aromatic N) is 2. The Kier molecular flexibility index (Phi) is 4.24. The van der Waals surface area contributed by atoms with Crippen molar-refractivity contribution in [2.75, 3.05) is 25.6 Å². The van der Waals surface area contributed by atoms with Gasteiger partial charge in [-0.1, -0.05) is 11.3 Å². The first-order chi connectivity index (χ1) is 7.54. The third kappa shape index (κ3) is 3.20. The van der Waals surface area contributed by atoms with Crippen molar-refractivity contribution >= 4 is 28.4 Å². The second-order valence-electron chi connectivity index (χ2n) is 3.06. The Bertz CT molecular complexity index is 391. The number of carboxylic acid groups (broad SMARTS) is 1. The minimum atomic E-state index is -0.995. The molecule has 0 atom stereocenters. The molecule has 16 heavy (non-hydrogen) atoms. The zero-order valence-electron chi connectivity index (χ0n) is 8.97. The lowest BCUT2D eigenvalue weighted by atomic mass is 10.4. The molecule has 0 saturated heterocycles. The highest BCUT2D eigenvalue weighted by Gasteiger charge is 2.12. The molecule has 0 aliphatic rings. The Morgan fingerprint density at radius 1 is 1.62 bits per heavy atom. The van der Waals surface area contributed by atoms with Crippen LogP contribution in [-0.4, -0.2) is 42.7 Å². The van der Waals surface area contributed by atoms with Gasteiger partial charge in [-0.15, -0.1) is 0 Å². The molecule has 0 aliphatic carbocycles. The molecular formula is C9H12N2O4S. The lowest BCUT2D eigenvalue weighted by Gasteiger charge is -2.14. The van der Waals surface area contributed by atoms with Gasteiger partial charge in [-0.3, -0.25) is 4.79 Å². The predicted molar refractivity (Wildman–Crippen MR) is 59.0 cm³/mol. The molecule has 1 N–H and O–H groups in total. The van der Waals surface area contributed by atoms with Gasteiger partial charge in [0.05, 0.1) is 19.7 Å². The highest BCUT2D eigenvalue weighted by Crippen LogP contribution is 2.21. The quantitative estimate of drug-likeness (QED) is 0.773. The van der Waals surface area contributed by atoms with Crippen LogP contribution in [0.15, 0.2) is 6.20 Å². The molecule has 1 aromatic heterocycles. The molecule has 88 valence electrons. The molecule has 0 fully saturated rings. The van der Waals surface area contributed by atoms with Crippen LogP contribution in [0.25, 0.3) is 0 Å². The van der Waals surface area contributed by atoms with Crippen LogP contribution in [0.4, 0.5) is 5.13 Å². The second kappa shape index (κ2) is 5.45. The molecular weight excluding hydrogens is 232 g/mol. The molecule has 0 saturated carbocycles. The van der Waals surface area contributed by atoms with E-state index in [1.165, 1.54) is 13.3 Å². The molecule has 0 radical (unpaired) electrons. The van der Waals surface area contributed by atoms with Gasteiger partial charge in [0, 0.05) is 13.6 Å². The van der Waals surface area contributed by atoms with Crippen molar-refractivity contribution < 1.29 is 19.4 Å². The normalized spacial score (nSPS) is 9.88. The Morgan fingerprint density at radius 2 is 2.31 bits per heavy atom. The number of carbonyl (C=O) groups is 2. The molecule has 1 rings (SSSR count). The summed E-state index contributed by atoms with van der Waals surface area (Å²) < 4.78 is 4.50. The average molecular weight is 244 g/mol. The highest BCUT2D eigenvalue weighted by molar-refractivity contribution is 7.17. The third-order valence-corrected chi connectivity index (χ3v) is 3.01. The van der Waals surface area contributed by atoms with Gasteiger partial charge in [0.1, 0.15) is 4.88 Å². The molecule has 0 aliphatic heterocycles. The number of anilines is 1. The summed E-state index contributed by atoms with van der Waals surface area (Å²) in [7, 11) is 3.07. The summed E-state index contributed by atoms with van der Waals surface area (Å²) in [5, 5.41) is 9.28. The number of methoxy groups -OCH3 is 1. The number of aromatic carboxylic acids is 1. The monoisotopic (exact) mass is 244 g/mol. The van der Waals surface area contributed by atoms with Crippen molar-refractivity contribution in [3.63, 3.8) is 0 Å². The van der Waals surface area contributed by atoms with Crippen LogP contribution in [0.5, 0.6) is 0 Å². The minimum Gasteiger partial charge on any atom is -0.477 e. The van der Waals surface area contributed by atoms with E-state index in [-0.39, 0.29) is 17.3 Å². The van der Waals surface area contributed by atoms with Crippen molar-refractivity contribution in [1.29, 1.82) is 0 Å². The van der Waals surface area contributed by atoms with E-state index in [0.717, 1.165) is 11.3 Å². The van der Waals surface area contributed by atoms with Crippen molar-refractivity contribution in [3.05, 3.63) is 11.1 Å². The van der Waals surface area contributed by atoms with E-state index < -0.39 is 5.97 Å². The standard InChI is InChI=1S/C9H12N2O4S/c1-11(4-3-7(12)15-2)9-10-5-6(16-9)8(13)14/h5H,3-4H2,1-2H3,(H,13,14). The zero-order chi connectivity index (χ0) is 12.1. The topological polar surface area (TPSA) is 79.7 Å². The summed E-state index contributed by atoms with van der Waals surface area (Å²) in [6.45, 7) is 0.444. The second-order valence-corrected chi connectivity index (χ2v) is 4.07. The molecule has 7 heteroatoms. The highest BCUT2D eigenvalue weighted by atomic mass is 32.1. The molecule has 0 amide bonds. The first kappa shape index (κ1) is 12.4. The Balaban J connectivity index is 2.55. The van der Waals surface area contributed by atoms with Crippen LogP contribution in [-0.2, 0) is 9.53 Å². The number of carbonyl (C=O) groups excluding carboxylic acids is 1. The maximum atomic E-state index is 10.9. The van der Waals surface area contributed by atoms with Gasteiger partial charge >= 0.3 is 11.9 Å². The number of ether oxygens (including phenoxy) is 1. The van der Waals surface area contributed by atoms with Crippen molar-refractivity contribution in [2.24, 2.45) is 0 Å². The van der Waals surface area contributed by atoms with Gasteiger partial charge in [-0.05, 0) is 0 Å². The number of hydrogen-bond donors (Lipinski definition) is 1. The van der Waals surface area contributed by atoms with E-state index >= 15 is 0 Å². The van der Waals surface area contributed by atoms with Gasteiger partial charge in [0.2, 0.25) is 0 Å². The molecule has 1 heterocycles. The maximum Gasteiger partial charge on any atom is 0.347 e. The summed E-state index contributed by atoms with van der Waals surface area (Å²) in [4.78, 5) is 27.4. The number of aromatic nitrogens is 1. The Labute approximate surface area is 96.5 Å². The van der Waals surface area contributed by atoms with Gasteiger partial charge in [0.15, 0.2) is 5.13 Å². The van der Waals surface area contributed by atoms with E-state index in [1.807, 2.05) is 0 Å². The van der Waals surface area contributed by atoms with Gasteiger partial charge in [0.25, 0.3) is 0 Å². The van der Waals surface area contributed by atoms with Crippen LogP contribution in [0.2, 0.25) is 0 Å². The summed E-state index contributed by atoms with van der Waals surface area (Å²) in [5.74, 6) is -1.30. The van der Waals surface area contributed by atoms with Gasteiger partial charge < -0.3 is 14.7 Å². The van der Waals surface area contributed by atoms with Crippen LogP contribution < -0.4 is 4.90 Å². The smallest absolute Gasteiger partial charge is 0.347 e. The number of esters is 1. The van der Waals surface area contributed by atoms with E-state index in [0.29, 0.717) is 11.7 Å². The van der Waals surface area contributed by atoms with E-state index in [2.05, 4.69) is 9.72 Å². The third-order valence-electron chi connectivity index (χ3n) is 1.91. The van der Waals surface area contributed by atoms with E-state index in [1.54, 1.807) is 11.9 Å². The number of rotatable bonds is 5. The van der Waals surface area contributed by atoms with Crippen LogP contribution in [0, 0.1) is 0 Å². The van der Waals surface area contributed by atoms with E-state index in [4.69, 9.17) is 5.11 Å². The molecule has 1 aromatic rings. The molecule has 0 bridgehead atoms. The largest absolute Gasteiger partial charge is 0.477 e. The van der Waals surface area contributed by atoms with Crippen molar-refractivity contribution in [2.45, 2.75) is 6.42 Å². The fourth-order valence-electron chi connectivity index (χ4n) is 0.997. The lowest BCUT2D eigenvalue weighted by Crippen LogP contribution is -2.21. The van der Waals surface area contributed by atoms with Gasteiger partial charge in [-0.25, -0.2) is 9.78 Å². The molecule has 0 spiro atoms. The lowest BCUT2D eigenvalue weighted by molar-refractivity contribution is -0.140. The maximum absolute atomic E-state index is 10.9. The number of carboxylic acids is 1. The summed E-state index contributed by atoms with van der Waals surface area (Å²) >= 11 is 1.07. The molecule has 0 aromatic carbocycles. The molecule has 6 nitrogen and oxygen atoms in total. The van der Waals surface area contributed by atoms with Gasteiger partial charge in [-0.2, -0.15) is 0 Å². The summed E-state index contributed by atoms with van der Waals surface area (Å²) in [6, 6.07) is 0.